The lowest BCUT2D eigenvalue weighted by Crippen LogP contribution is -2.12. The fourth-order valence-electron chi connectivity index (χ4n) is 1.89. The molecule has 20 heavy (non-hydrogen) atoms. The summed E-state index contributed by atoms with van der Waals surface area (Å²) >= 11 is 5.95. The molecule has 0 aliphatic rings. The second-order valence-corrected chi connectivity index (χ2v) is 5.15. The van der Waals surface area contributed by atoms with E-state index in [9.17, 15) is 4.79 Å². The zero-order chi connectivity index (χ0) is 14.5. The first kappa shape index (κ1) is 14.5. The topological polar surface area (TPSA) is 42.0 Å². The van der Waals surface area contributed by atoms with Crippen LogP contribution in [0.2, 0.25) is 5.02 Å². The van der Waals surface area contributed by atoms with Gasteiger partial charge in [-0.1, -0.05) is 37.6 Å². The minimum Gasteiger partial charge on any atom is -0.322 e. The summed E-state index contributed by atoms with van der Waals surface area (Å²) in [4.78, 5) is 15.9. The number of nitrogens with zero attached hydrogens (tertiary/aromatic N) is 1. The van der Waals surface area contributed by atoms with Gasteiger partial charge >= 0.3 is 0 Å². The van der Waals surface area contributed by atoms with Crippen LogP contribution in [0.1, 0.15) is 42.1 Å². The van der Waals surface area contributed by atoms with Crippen LogP contribution in [0.3, 0.4) is 0 Å². The van der Waals surface area contributed by atoms with Gasteiger partial charge in [0, 0.05) is 18.1 Å². The molecule has 0 aliphatic carbocycles. The molecule has 0 aliphatic heterocycles. The second-order valence-electron chi connectivity index (χ2n) is 4.74. The zero-order valence-corrected chi connectivity index (χ0v) is 12.3. The third-order valence-corrected chi connectivity index (χ3v) is 3.67. The van der Waals surface area contributed by atoms with Gasteiger partial charge in [-0.15, -0.1) is 0 Å². The van der Waals surface area contributed by atoms with Gasteiger partial charge in [-0.2, -0.15) is 0 Å². The van der Waals surface area contributed by atoms with E-state index in [-0.39, 0.29) is 5.91 Å². The third kappa shape index (κ3) is 3.36. The first-order chi connectivity index (χ1) is 9.61. The monoisotopic (exact) mass is 288 g/mol. The molecule has 1 atom stereocenters. The van der Waals surface area contributed by atoms with E-state index in [0.717, 1.165) is 12.1 Å². The molecule has 1 N–H and O–H groups in total. The molecule has 1 aromatic carbocycles. The summed E-state index contributed by atoms with van der Waals surface area (Å²) in [5, 5.41) is 3.18. The SMILES string of the molecule is CCC(C)c1ccc(NC(=O)c2ccncc2Cl)cc1. The summed E-state index contributed by atoms with van der Waals surface area (Å²) < 4.78 is 0. The molecule has 1 unspecified atom stereocenters. The van der Waals surface area contributed by atoms with Crippen LogP contribution in [-0.2, 0) is 0 Å². The molecule has 0 saturated carbocycles. The Morgan fingerprint density at radius 1 is 1.30 bits per heavy atom. The lowest BCUT2D eigenvalue weighted by atomic mass is 9.98. The van der Waals surface area contributed by atoms with Gasteiger partial charge in [-0.25, -0.2) is 0 Å². The molecule has 104 valence electrons. The van der Waals surface area contributed by atoms with Crippen molar-refractivity contribution in [1.29, 1.82) is 0 Å². The van der Waals surface area contributed by atoms with E-state index < -0.39 is 0 Å². The van der Waals surface area contributed by atoms with E-state index in [0.29, 0.717) is 16.5 Å². The highest BCUT2D eigenvalue weighted by Crippen LogP contribution is 2.21. The van der Waals surface area contributed by atoms with Crippen molar-refractivity contribution in [3.05, 3.63) is 58.9 Å². The zero-order valence-electron chi connectivity index (χ0n) is 11.6. The molecule has 1 heterocycles. The molecule has 0 radical (unpaired) electrons. The van der Waals surface area contributed by atoms with Crippen molar-refractivity contribution >= 4 is 23.2 Å². The van der Waals surface area contributed by atoms with Crippen molar-refractivity contribution in [2.75, 3.05) is 5.32 Å². The summed E-state index contributed by atoms with van der Waals surface area (Å²) in [6, 6.07) is 9.50. The number of rotatable bonds is 4. The standard InChI is InChI=1S/C16H17ClN2O/c1-3-11(2)12-4-6-13(7-5-12)19-16(20)14-8-9-18-10-15(14)17/h4-11H,3H2,1-2H3,(H,19,20). The Morgan fingerprint density at radius 3 is 2.60 bits per heavy atom. The minimum absolute atomic E-state index is 0.228. The minimum atomic E-state index is -0.228. The second kappa shape index (κ2) is 6.53. The van der Waals surface area contributed by atoms with Crippen molar-refractivity contribution in [3.8, 4) is 0 Å². The fraction of sp³-hybridized carbons (Fsp3) is 0.250. The summed E-state index contributed by atoms with van der Waals surface area (Å²) in [5.41, 5.74) is 2.45. The molecule has 2 aromatic rings. The van der Waals surface area contributed by atoms with Crippen LogP contribution in [0.25, 0.3) is 0 Å². The predicted octanol–water partition coefficient (Wildman–Crippen LogP) is 4.50. The molecule has 0 fully saturated rings. The average Bonchev–Trinajstić information content (AvgIpc) is 2.47. The van der Waals surface area contributed by atoms with Crippen molar-refractivity contribution in [2.45, 2.75) is 26.2 Å². The molecule has 0 saturated heterocycles. The first-order valence-corrected chi connectivity index (χ1v) is 7.00. The van der Waals surface area contributed by atoms with Crippen LogP contribution in [0, 0.1) is 0 Å². The Balaban J connectivity index is 2.11. The lowest BCUT2D eigenvalue weighted by molar-refractivity contribution is 0.102. The summed E-state index contributed by atoms with van der Waals surface area (Å²) in [7, 11) is 0. The van der Waals surface area contributed by atoms with Crippen molar-refractivity contribution in [3.63, 3.8) is 0 Å². The van der Waals surface area contributed by atoms with Crippen molar-refractivity contribution < 1.29 is 4.79 Å². The van der Waals surface area contributed by atoms with Crippen LogP contribution in [0.4, 0.5) is 5.69 Å². The molecular formula is C16H17ClN2O. The quantitative estimate of drug-likeness (QED) is 0.900. The van der Waals surface area contributed by atoms with Gasteiger partial charge in [0.15, 0.2) is 0 Å². The maximum Gasteiger partial charge on any atom is 0.257 e. The number of hydrogen-bond donors (Lipinski definition) is 1. The van der Waals surface area contributed by atoms with E-state index in [1.54, 1.807) is 12.3 Å². The van der Waals surface area contributed by atoms with E-state index >= 15 is 0 Å². The summed E-state index contributed by atoms with van der Waals surface area (Å²) in [6.07, 6.45) is 4.10. The number of pyridine rings is 1. The first-order valence-electron chi connectivity index (χ1n) is 6.62. The van der Waals surface area contributed by atoms with E-state index in [4.69, 9.17) is 11.6 Å². The number of anilines is 1. The van der Waals surface area contributed by atoms with Crippen LogP contribution < -0.4 is 5.32 Å². The lowest BCUT2D eigenvalue weighted by Gasteiger charge is -2.10. The Bertz CT molecular complexity index is 596. The molecule has 1 amide bonds. The highest BCUT2D eigenvalue weighted by molar-refractivity contribution is 6.34. The van der Waals surface area contributed by atoms with Crippen molar-refractivity contribution in [2.24, 2.45) is 0 Å². The van der Waals surface area contributed by atoms with E-state index in [1.165, 1.54) is 11.8 Å². The highest BCUT2D eigenvalue weighted by atomic mass is 35.5. The predicted molar refractivity (Wildman–Crippen MR) is 82.3 cm³/mol. The van der Waals surface area contributed by atoms with Gasteiger partial charge in [0.25, 0.3) is 5.91 Å². The normalized spacial score (nSPS) is 11.9. The third-order valence-electron chi connectivity index (χ3n) is 3.37. The van der Waals surface area contributed by atoms with Gasteiger partial charge in [0.2, 0.25) is 0 Å². The number of benzene rings is 1. The van der Waals surface area contributed by atoms with Crippen LogP contribution in [0.5, 0.6) is 0 Å². The van der Waals surface area contributed by atoms with Gasteiger partial charge in [0.05, 0.1) is 10.6 Å². The highest BCUT2D eigenvalue weighted by Gasteiger charge is 2.10. The smallest absolute Gasteiger partial charge is 0.257 e. The number of nitrogens with one attached hydrogen (secondary N) is 1. The van der Waals surface area contributed by atoms with Crippen molar-refractivity contribution in [1.82, 2.24) is 4.98 Å². The Labute approximate surface area is 124 Å². The number of hydrogen-bond acceptors (Lipinski definition) is 2. The number of carbonyl (C=O) groups excluding carboxylic acids is 1. The molecule has 3 nitrogen and oxygen atoms in total. The van der Waals surface area contributed by atoms with Gasteiger partial charge in [-0.05, 0) is 36.1 Å². The van der Waals surface area contributed by atoms with Gasteiger partial charge in [0.1, 0.15) is 0 Å². The molecule has 2 rings (SSSR count). The summed E-state index contributed by atoms with van der Waals surface area (Å²) in [5.74, 6) is 0.295. The molecule has 0 spiro atoms. The average molecular weight is 289 g/mol. The summed E-state index contributed by atoms with van der Waals surface area (Å²) in [6.45, 7) is 4.34. The van der Waals surface area contributed by atoms with E-state index in [1.807, 2.05) is 24.3 Å². The van der Waals surface area contributed by atoms with Crippen LogP contribution >= 0.6 is 11.6 Å². The maximum absolute atomic E-state index is 12.1. The van der Waals surface area contributed by atoms with Crippen LogP contribution in [0.15, 0.2) is 42.7 Å². The van der Waals surface area contributed by atoms with Gasteiger partial charge in [-0.3, -0.25) is 9.78 Å². The number of halogens is 1. The van der Waals surface area contributed by atoms with E-state index in [2.05, 4.69) is 24.1 Å². The van der Waals surface area contributed by atoms with Crippen LogP contribution in [-0.4, -0.2) is 10.9 Å². The Morgan fingerprint density at radius 2 is 2.00 bits per heavy atom. The number of aromatic nitrogens is 1. The number of carbonyl (C=O) groups is 1. The number of amides is 1. The fourth-order valence-corrected chi connectivity index (χ4v) is 2.09. The molecule has 0 bridgehead atoms. The Hall–Kier alpha value is -1.87. The molecular weight excluding hydrogens is 272 g/mol. The van der Waals surface area contributed by atoms with Gasteiger partial charge < -0.3 is 5.32 Å². The molecule has 1 aromatic heterocycles. The maximum atomic E-state index is 12.1. The Kier molecular flexibility index (Phi) is 4.74. The molecule has 4 heteroatoms. The largest absolute Gasteiger partial charge is 0.322 e.